The van der Waals surface area contributed by atoms with Crippen molar-refractivity contribution in [3.05, 3.63) is 11.3 Å². The van der Waals surface area contributed by atoms with Crippen LogP contribution in [-0.4, -0.2) is 18.7 Å². The van der Waals surface area contributed by atoms with Crippen LogP contribution >= 0.6 is 0 Å². The average molecular weight is 316 g/mol. The third kappa shape index (κ3) is 1.88. The lowest BCUT2D eigenvalue weighted by Crippen LogP contribution is -2.51. The van der Waals surface area contributed by atoms with Crippen molar-refractivity contribution in [2.24, 2.45) is 28.6 Å². The fraction of sp³-hybridized carbons (Fsp3) is 0.800. The molecule has 0 saturated heterocycles. The van der Waals surface area contributed by atoms with Crippen LogP contribution in [0.4, 0.5) is 0 Å². The molecule has 0 aromatic rings. The van der Waals surface area contributed by atoms with Gasteiger partial charge in [0.25, 0.3) is 0 Å². The minimum absolute atomic E-state index is 0.0622. The molecule has 126 valence electrons. The summed E-state index contributed by atoms with van der Waals surface area (Å²) in [5, 5.41) is 0. The molecule has 4 rings (SSSR count). The first-order chi connectivity index (χ1) is 10.9. The highest BCUT2D eigenvalue weighted by atomic mass is 16.5. The smallest absolute Gasteiger partial charge is 0.197 e. The quantitative estimate of drug-likeness (QED) is 0.732. The molecule has 4 aliphatic rings. The van der Waals surface area contributed by atoms with Gasteiger partial charge in [-0.05, 0) is 67.3 Å². The molecule has 0 radical (unpaired) electrons. The maximum atomic E-state index is 12.4. The Bertz CT molecular complexity index is 604. The maximum absolute atomic E-state index is 12.4. The molecular weight excluding hydrogens is 288 g/mol. The third-order valence-electron chi connectivity index (χ3n) is 7.98. The van der Waals surface area contributed by atoms with Gasteiger partial charge in [-0.15, -0.1) is 0 Å². The zero-order valence-corrected chi connectivity index (χ0v) is 14.6. The van der Waals surface area contributed by atoms with E-state index in [4.69, 9.17) is 4.74 Å². The number of ether oxygens (including phenoxy) is 1. The Morgan fingerprint density at radius 2 is 1.65 bits per heavy atom. The minimum atomic E-state index is -0.0622. The molecule has 0 amide bonds. The van der Waals surface area contributed by atoms with Gasteiger partial charge in [0, 0.05) is 18.3 Å². The van der Waals surface area contributed by atoms with Crippen LogP contribution in [0.25, 0.3) is 0 Å². The Labute approximate surface area is 138 Å². The van der Waals surface area contributed by atoms with Crippen molar-refractivity contribution in [3.63, 3.8) is 0 Å². The van der Waals surface area contributed by atoms with E-state index in [1.165, 1.54) is 5.57 Å². The van der Waals surface area contributed by atoms with Crippen molar-refractivity contribution in [2.75, 3.05) is 7.11 Å². The number of hydrogen-bond donors (Lipinski definition) is 0. The third-order valence-corrected chi connectivity index (χ3v) is 7.98. The minimum Gasteiger partial charge on any atom is -0.493 e. The highest BCUT2D eigenvalue weighted by Gasteiger charge is 2.59. The van der Waals surface area contributed by atoms with E-state index in [1.54, 1.807) is 7.11 Å². The summed E-state index contributed by atoms with van der Waals surface area (Å²) in [4.78, 5) is 24.7. The highest BCUT2D eigenvalue weighted by molar-refractivity contribution is 5.95. The largest absolute Gasteiger partial charge is 0.493 e. The van der Waals surface area contributed by atoms with Gasteiger partial charge in [-0.25, -0.2) is 0 Å². The fourth-order valence-electron chi connectivity index (χ4n) is 6.67. The summed E-state index contributed by atoms with van der Waals surface area (Å²) in [6, 6.07) is 0. The number of Topliss-reactive ketones (excluding diaryl/α,β-unsaturated/α-hetero) is 2. The molecule has 5 atom stereocenters. The standard InChI is InChI=1S/C20H28O3/c1-19-11-9-16(21)18(23-3)15(19)5-4-12-13-6-7-17(22)20(13,2)10-8-14(12)19/h12-14H,4-11H2,1-3H3. The van der Waals surface area contributed by atoms with Gasteiger partial charge in [-0.1, -0.05) is 13.8 Å². The van der Waals surface area contributed by atoms with Crippen LogP contribution in [0.5, 0.6) is 0 Å². The van der Waals surface area contributed by atoms with Crippen LogP contribution in [0.1, 0.15) is 65.2 Å². The zero-order valence-electron chi connectivity index (χ0n) is 14.6. The summed E-state index contributed by atoms with van der Waals surface area (Å²) in [5.41, 5.74) is 1.33. The van der Waals surface area contributed by atoms with E-state index >= 15 is 0 Å². The van der Waals surface area contributed by atoms with E-state index in [1.807, 2.05) is 0 Å². The molecule has 0 N–H and O–H groups in total. The van der Waals surface area contributed by atoms with E-state index in [9.17, 15) is 9.59 Å². The maximum Gasteiger partial charge on any atom is 0.197 e. The Morgan fingerprint density at radius 1 is 0.913 bits per heavy atom. The topological polar surface area (TPSA) is 43.4 Å². The van der Waals surface area contributed by atoms with Crippen molar-refractivity contribution < 1.29 is 14.3 Å². The highest BCUT2D eigenvalue weighted by Crippen LogP contribution is 2.64. The molecule has 23 heavy (non-hydrogen) atoms. The Balaban J connectivity index is 1.73. The normalized spacial score (nSPS) is 46.3. The SMILES string of the molecule is COC1=C2CCC3C4CCC(=O)C4(C)CCC3C2(C)CCC1=O. The molecule has 3 heteroatoms. The molecule has 0 heterocycles. The predicted molar refractivity (Wildman–Crippen MR) is 87.7 cm³/mol. The number of rotatable bonds is 1. The van der Waals surface area contributed by atoms with E-state index in [0.29, 0.717) is 35.7 Å². The van der Waals surface area contributed by atoms with Gasteiger partial charge < -0.3 is 4.74 Å². The first-order valence-electron chi connectivity index (χ1n) is 9.26. The predicted octanol–water partition coefficient (Wildman–Crippen LogP) is 4.06. The molecule has 3 nitrogen and oxygen atoms in total. The van der Waals surface area contributed by atoms with Crippen LogP contribution in [0.15, 0.2) is 11.3 Å². The van der Waals surface area contributed by atoms with Gasteiger partial charge in [0.05, 0.1) is 7.11 Å². The van der Waals surface area contributed by atoms with E-state index in [-0.39, 0.29) is 16.6 Å². The summed E-state index contributed by atoms with van der Waals surface area (Å²) >= 11 is 0. The van der Waals surface area contributed by atoms with E-state index in [0.717, 1.165) is 44.9 Å². The van der Waals surface area contributed by atoms with Crippen LogP contribution in [-0.2, 0) is 14.3 Å². The lowest BCUT2D eigenvalue weighted by atomic mass is 9.47. The van der Waals surface area contributed by atoms with Gasteiger partial charge in [0.2, 0.25) is 0 Å². The zero-order chi connectivity index (χ0) is 16.4. The van der Waals surface area contributed by atoms with Gasteiger partial charge in [-0.2, -0.15) is 0 Å². The van der Waals surface area contributed by atoms with Crippen molar-refractivity contribution in [3.8, 4) is 0 Å². The average Bonchev–Trinajstić information content (AvgIpc) is 2.83. The number of carbonyl (C=O) groups excluding carboxylic acids is 2. The molecule has 5 unspecified atom stereocenters. The Morgan fingerprint density at radius 3 is 2.39 bits per heavy atom. The van der Waals surface area contributed by atoms with Gasteiger partial charge >= 0.3 is 0 Å². The summed E-state index contributed by atoms with van der Waals surface area (Å²) in [7, 11) is 1.64. The first kappa shape index (κ1) is 15.4. The summed E-state index contributed by atoms with van der Waals surface area (Å²) in [6.45, 7) is 4.59. The second kappa shape index (κ2) is 4.94. The van der Waals surface area contributed by atoms with Gasteiger partial charge in [0.1, 0.15) is 5.78 Å². The first-order valence-corrected chi connectivity index (χ1v) is 9.26. The van der Waals surface area contributed by atoms with Crippen LogP contribution in [0.2, 0.25) is 0 Å². The number of carbonyl (C=O) groups is 2. The van der Waals surface area contributed by atoms with Crippen molar-refractivity contribution in [1.82, 2.24) is 0 Å². The fourth-order valence-corrected chi connectivity index (χ4v) is 6.67. The van der Waals surface area contributed by atoms with E-state index in [2.05, 4.69) is 13.8 Å². The molecule has 0 bridgehead atoms. The summed E-state index contributed by atoms with van der Waals surface area (Å²) in [5.74, 6) is 3.19. The molecule has 3 fully saturated rings. The molecule has 0 spiro atoms. The Hall–Kier alpha value is -1.12. The van der Waals surface area contributed by atoms with Crippen molar-refractivity contribution in [1.29, 1.82) is 0 Å². The monoisotopic (exact) mass is 316 g/mol. The molecular formula is C20H28O3. The number of ketones is 2. The molecule has 3 saturated carbocycles. The second-order valence-electron chi connectivity index (χ2n) is 8.69. The van der Waals surface area contributed by atoms with Gasteiger partial charge in [0.15, 0.2) is 11.5 Å². The van der Waals surface area contributed by atoms with Crippen LogP contribution in [0.3, 0.4) is 0 Å². The number of hydrogen-bond acceptors (Lipinski definition) is 3. The lowest BCUT2D eigenvalue weighted by molar-refractivity contribution is -0.133. The lowest BCUT2D eigenvalue weighted by Gasteiger charge is -2.57. The second-order valence-corrected chi connectivity index (χ2v) is 8.69. The van der Waals surface area contributed by atoms with Crippen molar-refractivity contribution in [2.45, 2.75) is 65.2 Å². The molecule has 4 aliphatic carbocycles. The molecule has 0 aromatic heterocycles. The number of allylic oxidation sites excluding steroid dienone is 1. The molecule has 0 aliphatic heterocycles. The molecule has 0 aromatic carbocycles. The van der Waals surface area contributed by atoms with Gasteiger partial charge in [-0.3, -0.25) is 9.59 Å². The summed E-state index contributed by atoms with van der Waals surface area (Å²) < 4.78 is 5.52. The number of methoxy groups -OCH3 is 1. The van der Waals surface area contributed by atoms with Crippen LogP contribution < -0.4 is 0 Å². The Kier molecular flexibility index (Phi) is 3.31. The van der Waals surface area contributed by atoms with E-state index < -0.39 is 0 Å². The van der Waals surface area contributed by atoms with Crippen molar-refractivity contribution >= 4 is 11.6 Å². The van der Waals surface area contributed by atoms with Crippen LogP contribution in [0, 0.1) is 28.6 Å². The number of fused-ring (bicyclic) bond motifs is 5. The summed E-state index contributed by atoms with van der Waals surface area (Å²) in [6.07, 6.45) is 7.73.